The summed E-state index contributed by atoms with van der Waals surface area (Å²) in [7, 11) is 0. The lowest BCUT2D eigenvalue weighted by Crippen LogP contribution is -2.23. The standard InChI is InChI=1S/C13H16N2O3/c1-4-8-14(5-2)12-7-6-11(10(3)16)9-13(12)15(17)18/h1,6-7,9-10,16H,5,8H2,2-3H3. The Morgan fingerprint density at radius 1 is 1.61 bits per heavy atom. The molecular weight excluding hydrogens is 232 g/mol. The Morgan fingerprint density at radius 2 is 2.28 bits per heavy atom. The molecule has 0 saturated carbocycles. The first kappa shape index (κ1) is 14.0. The number of hydrogen-bond donors (Lipinski definition) is 1. The van der Waals surface area contributed by atoms with E-state index in [9.17, 15) is 15.2 Å². The molecule has 1 aromatic rings. The third-order valence-corrected chi connectivity index (χ3v) is 2.68. The highest BCUT2D eigenvalue weighted by molar-refractivity contribution is 5.65. The number of nitro groups is 1. The van der Waals surface area contributed by atoms with Gasteiger partial charge in [-0.05, 0) is 25.5 Å². The molecule has 1 rings (SSSR count). The summed E-state index contributed by atoms with van der Waals surface area (Å²) in [5, 5.41) is 20.5. The van der Waals surface area contributed by atoms with Crippen LogP contribution in [0.25, 0.3) is 0 Å². The average molecular weight is 248 g/mol. The summed E-state index contributed by atoms with van der Waals surface area (Å²) >= 11 is 0. The first-order valence-electron chi connectivity index (χ1n) is 5.66. The summed E-state index contributed by atoms with van der Waals surface area (Å²) in [5.74, 6) is 2.47. The fourth-order valence-electron chi connectivity index (χ4n) is 1.69. The van der Waals surface area contributed by atoms with Crippen LogP contribution in [0.2, 0.25) is 0 Å². The summed E-state index contributed by atoms with van der Waals surface area (Å²) in [6.45, 7) is 4.34. The molecule has 96 valence electrons. The number of nitrogens with zero attached hydrogens (tertiary/aromatic N) is 2. The second kappa shape index (κ2) is 6.03. The van der Waals surface area contributed by atoms with Crippen LogP contribution in [0.3, 0.4) is 0 Å². The van der Waals surface area contributed by atoms with E-state index in [1.54, 1.807) is 24.0 Å². The van der Waals surface area contributed by atoms with Gasteiger partial charge in [-0.3, -0.25) is 10.1 Å². The van der Waals surface area contributed by atoms with Gasteiger partial charge in [-0.1, -0.05) is 12.0 Å². The Kier molecular flexibility index (Phi) is 4.69. The van der Waals surface area contributed by atoms with E-state index in [4.69, 9.17) is 6.42 Å². The Labute approximate surface area is 106 Å². The van der Waals surface area contributed by atoms with Gasteiger partial charge in [0, 0.05) is 12.6 Å². The number of aliphatic hydroxyl groups excluding tert-OH is 1. The van der Waals surface area contributed by atoms with Crippen LogP contribution in [0, 0.1) is 22.5 Å². The molecule has 0 fully saturated rings. The second-order valence-electron chi connectivity index (χ2n) is 3.90. The smallest absolute Gasteiger partial charge is 0.292 e. The van der Waals surface area contributed by atoms with Crippen molar-refractivity contribution in [1.29, 1.82) is 0 Å². The van der Waals surface area contributed by atoms with Gasteiger partial charge in [-0.15, -0.1) is 6.42 Å². The first-order valence-corrected chi connectivity index (χ1v) is 5.66. The van der Waals surface area contributed by atoms with Crippen molar-refractivity contribution in [2.24, 2.45) is 0 Å². The fourth-order valence-corrected chi connectivity index (χ4v) is 1.69. The van der Waals surface area contributed by atoms with Crippen LogP contribution in [0.1, 0.15) is 25.5 Å². The maximum Gasteiger partial charge on any atom is 0.292 e. The van der Waals surface area contributed by atoms with Crippen molar-refractivity contribution in [3.8, 4) is 12.3 Å². The van der Waals surface area contributed by atoms with Crippen molar-refractivity contribution in [1.82, 2.24) is 0 Å². The van der Waals surface area contributed by atoms with Crippen LogP contribution in [0.5, 0.6) is 0 Å². The van der Waals surface area contributed by atoms with Crippen LogP contribution < -0.4 is 4.90 Å². The largest absolute Gasteiger partial charge is 0.389 e. The van der Waals surface area contributed by atoms with Crippen molar-refractivity contribution in [2.75, 3.05) is 18.0 Å². The number of aliphatic hydroxyl groups is 1. The maximum atomic E-state index is 11.1. The van der Waals surface area contributed by atoms with E-state index in [0.29, 0.717) is 24.3 Å². The number of rotatable bonds is 5. The molecule has 0 bridgehead atoms. The van der Waals surface area contributed by atoms with Crippen molar-refractivity contribution >= 4 is 11.4 Å². The molecule has 18 heavy (non-hydrogen) atoms. The molecule has 5 heteroatoms. The third-order valence-electron chi connectivity index (χ3n) is 2.68. The lowest BCUT2D eigenvalue weighted by atomic mass is 10.1. The van der Waals surface area contributed by atoms with Crippen LogP contribution in [-0.4, -0.2) is 23.1 Å². The molecule has 0 saturated heterocycles. The highest BCUT2D eigenvalue weighted by atomic mass is 16.6. The molecule has 0 spiro atoms. The van der Waals surface area contributed by atoms with Crippen LogP contribution in [-0.2, 0) is 0 Å². The van der Waals surface area contributed by atoms with Gasteiger partial charge < -0.3 is 10.0 Å². The zero-order valence-corrected chi connectivity index (χ0v) is 10.5. The van der Waals surface area contributed by atoms with Gasteiger partial charge in [0.05, 0.1) is 17.6 Å². The van der Waals surface area contributed by atoms with E-state index in [0.717, 1.165) is 0 Å². The second-order valence-corrected chi connectivity index (χ2v) is 3.90. The van der Waals surface area contributed by atoms with E-state index in [2.05, 4.69) is 5.92 Å². The molecule has 0 aliphatic rings. The predicted octanol–water partition coefficient (Wildman–Crippen LogP) is 2.11. The molecule has 1 N–H and O–H groups in total. The van der Waals surface area contributed by atoms with E-state index in [1.165, 1.54) is 6.07 Å². The van der Waals surface area contributed by atoms with Gasteiger partial charge in [0.1, 0.15) is 5.69 Å². The minimum absolute atomic E-state index is 0.0366. The Hall–Kier alpha value is -2.06. The van der Waals surface area contributed by atoms with Crippen molar-refractivity contribution in [3.63, 3.8) is 0 Å². The number of benzene rings is 1. The summed E-state index contributed by atoms with van der Waals surface area (Å²) < 4.78 is 0. The Morgan fingerprint density at radius 3 is 2.72 bits per heavy atom. The topological polar surface area (TPSA) is 66.6 Å². The van der Waals surface area contributed by atoms with Gasteiger partial charge in [0.2, 0.25) is 0 Å². The number of anilines is 1. The van der Waals surface area contributed by atoms with E-state index >= 15 is 0 Å². The SMILES string of the molecule is C#CCN(CC)c1ccc(C(C)O)cc1[N+](=O)[O-]. The molecule has 0 aliphatic heterocycles. The number of terminal acetylenes is 1. The molecule has 1 unspecified atom stereocenters. The molecule has 1 aromatic carbocycles. The average Bonchev–Trinajstić information content (AvgIpc) is 2.35. The van der Waals surface area contributed by atoms with Crippen LogP contribution >= 0.6 is 0 Å². The number of nitro benzene ring substituents is 1. The third kappa shape index (κ3) is 2.99. The monoisotopic (exact) mass is 248 g/mol. The molecule has 0 radical (unpaired) electrons. The minimum Gasteiger partial charge on any atom is -0.389 e. The van der Waals surface area contributed by atoms with Crippen LogP contribution in [0.15, 0.2) is 18.2 Å². The fraction of sp³-hybridized carbons (Fsp3) is 0.385. The molecule has 0 aliphatic carbocycles. The normalized spacial score (nSPS) is 11.7. The Balaban J connectivity index is 3.27. The molecule has 0 amide bonds. The maximum absolute atomic E-state index is 11.1. The van der Waals surface area contributed by atoms with Gasteiger partial charge in [0.15, 0.2) is 0 Å². The lowest BCUT2D eigenvalue weighted by Gasteiger charge is -2.20. The molecule has 1 atom stereocenters. The first-order chi connectivity index (χ1) is 8.51. The summed E-state index contributed by atoms with van der Waals surface area (Å²) in [5.41, 5.74) is 0.956. The summed E-state index contributed by atoms with van der Waals surface area (Å²) in [4.78, 5) is 12.3. The highest BCUT2D eigenvalue weighted by Crippen LogP contribution is 2.30. The van der Waals surface area contributed by atoms with E-state index in [-0.39, 0.29) is 5.69 Å². The summed E-state index contributed by atoms with van der Waals surface area (Å²) in [6, 6.07) is 4.69. The molecule has 5 nitrogen and oxygen atoms in total. The summed E-state index contributed by atoms with van der Waals surface area (Å²) in [6.07, 6.45) is 4.51. The predicted molar refractivity (Wildman–Crippen MR) is 70.5 cm³/mol. The quantitative estimate of drug-likeness (QED) is 0.492. The van der Waals surface area contributed by atoms with Gasteiger partial charge in [-0.2, -0.15) is 0 Å². The van der Waals surface area contributed by atoms with Gasteiger partial charge in [-0.25, -0.2) is 0 Å². The Bertz CT molecular complexity index is 478. The van der Waals surface area contributed by atoms with Gasteiger partial charge in [0.25, 0.3) is 5.69 Å². The molecule has 0 heterocycles. The number of hydrogen-bond acceptors (Lipinski definition) is 4. The van der Waals surface area contributed by atoms with Crippen LogP contribution in [0.4, 0.5) is 11.4 Å². The minimum atomic E-state index is -0.736. The van der Waals surface area contributed by atoms with E-state index in [1.807, 2.05) is 6.92 Å². The highest BCUT2D eigenvalue weighted by Gasteiger charge is 2.19. The van der Waals surface area contributed by atoms with Crippen molar-refractivity contribution in [3.05, 3.63) is 33.9 Å². The van der Waals surface area contributed by atoms with Crippen molar-refractivity contribution in [2.45, 2.75) is 20.0 Å². The molecular formula is C13H16N2O3. The lowest BCUT2D eigenvalue weighted by molar-refractivity contribution is -0.384. The zero-order valence-electron chi connectivity index (χ0n) is 10.5. The van der Waals surface area contributed by atoms with Gasteiger partial charge >= 0.3 is 0 Å². The van der Waals surface area contributed by atoms with Crippen molar-refractivity contribution < 1.29 is 10.0 Å². The zero-order chi connectivity index (χ0) is 13.7. The van der Waals surface area contributed by atoms with E-state index < -0.39 is 11.0 Å². The molecule has 0 aromatic heterocycles.